The second-order valence-electron chi connectivity index (χ2n) is 7.65. The van der Waals surface area contributed by atoms with Crippen LogP contribution in [0.4, 0.5) is 0 Å². The third kappa shape index (κ3) is 8.30. The van der Waals surface area contributed by atoms with Gasteiger partial charge in [-0.2, -0.15) is 0 Å². The molecule has 7 heteroatoms. The van der Waals surface area contributed by atoms with Crippen molar-refractivity contribution in [3.8, 4) is 5.75 Å². The van der Waals surface area contributed by atoms with E-state index < -0.39 is 0 Å². The lowest BCUT2D eigenvalue weighted by Gasteiger charge is -2.29. The molecule has 1 aliphatic heterocycles. The second-order valence-corrected chi connectivity index (χ2v) is 7.65. The molecule has 1 heterocycles. The molecule has 0 aromatic heterocycles. The summed E-state index contributed by atoms with van der Waals surface area (Å²) in [5, 5.41) is 6.99. The monoisotopic (exact) mass is 517 g/mol. The van der Waals surface area contributed by atoms with Gasteiger partial charge in [0.2, 0.25) is 0 Å². The highest BCUT2D eigenvalue weighted by Crippen LogP contribution is 2.27. The van der Waals surface area contributed by atoms with Crippen LogP contribution in [0.1, 0.15) is 44.7 Å². The van der Waals surface area contributed by atoms with Gasteiger partial charge in [0.1, 0.15) is 5.75 Å². The van der Waals surface area contributed by atoms with E-state index in [1.54, 1.807) is 7.11 Å². The molecule has 1 fully saturated rings. The molecule has 1 aromatic carbocycles. The number of hydrogen-bond acceptors (Lipinski definition) is 4. The Kier molecular flexibility index (Phi) is 12.6. The van der Waals surface area contributed by atoms with Crippen LogP contribution in [0.15, 0.2) is 29.3 Å². The Morgan fingerprint density at radius 1 is 1.28 bits per heavy atom. The molecule has 0 saturated carbocycles. The summed E-state index contributed by atoms with van der Waals surface area (Å²) in [4.78, 5) is 9.35. The molecule has 0 amide bonds. The standard InChI is InChI=1S/C22H39N5O.HI/c1-6-18(2)26(4)15-12-24-22(23-3)25-17-21(27-13-7-8-14-27)19-10-9-11-20(16-19)28-5;/h9-11,16,18,21H,6-8,12-15,17H2,1-5H3,(H2,23,24,25);1H. The van der Waals surface area contributed by atoms with Crippen LogP contribution in [0.25, 0.3) is 0 Å². The maximum Gasteiger partial charge on any atom is 0.191 e. The Morgan fingerprint density at radius 2 is 2.00 bits per heavy atom. The first-order chi connectivity index (χ1) is 13.6. The van der Waals surface area contributed by atoms with Gasteiger partial charge in [-0.15, -0.1) is 24.0 Å². The number of aliphatic imine (C=N–C) groups is 1. The Morgan fingerprint density at radius 3 is 2.62 bits per heavy atom. The number of halogens is 1. The van der Waals surface area contributed by atoms with E-state index in [4.69, 9.17) is 4.74 Å². The molecule has 166 valence electrons. The number of likely N-dealkylation sites (tertiary alicyclic amines) is 1. The second kappa shape index (κ2) is 14.0. The molecular weight excluding hydrogens is 477 g/mol. The van der Waals surface area contributed by atoms with E-state index in [0.717, 1.165) is 44.4 Å². The molecule has 2 rings (SSSR count). The van der Waals surface area contributed by atoms with E-state index in [2.05, 4.69) is 64.5 Å². The summed E-state index contributed by atoms with van der Waals surface area (Å²) in [6.45, 7) is 9.50. The van der Waals surface area contributed by atoms with Crippen LogP contribution < -0.4 is 15.4 Å². The first-order valence-corrected chi connectivity index (χ1v) is 10.6. The summed E-state index contributed by atoms with van der Waals surface area (Å²) in [5.41, 5.74) is 1.29. The average molecular weight is 518 g/mol. The summed E-state index contributed by atoms with van der Waals surface area (Å²) in [7, 11) is 5.74. The van der Waals surface area contributed by atoms with Gasteiger partial charge in [-0.3, -0.25) is 9.89 Å². The third-order valence-corrected chi connectivity index (χ3v) is 5.85. The zero-order valence-electron chi connectivity index (χ0n) is 18.8. The topological polar surface area (TPSA) is 52.1 Å². The number of rotatable bonds is 10. The Bertz CT molecular complexity index is 607. The first kappa shape index (κ1) is 26.0. The molecule has 1 aliphatic rings. The average Bonchev–Trinajstić information content (AvgIpc) is 3.26. The van der Waals surface area contributed by atoms with Gasteiger partial charge in [-0.1, -0.05) is 19.1 Å². The molecule has 6 nitrogen and oxygen atoms in total. The molecule has 29 heavy (non-hydrogen) atoms. The highest BCUT2D eigenvalue weighted by atomic mass is 127. The summed E-state index contributed by atoms with van der Waals surface area (Å²) >= 11 is 0. The number of nitrogens with zero attached hydrogens (tertiary/aromatic N) is 3. The fourth-order valence-electron chi connectivity index (χ4n) is 3.66. The predicted octanol–water partition coefficient (Wildman–Crippen LogP) is 3.35. The zero-order chi connectivity index (χ0) is 20.4. The van der Waals surface area contributed by atoms with E-state index in [1.807, 2.05) is 13.1 Å². The fraction of sp³-hybridized carbons (Fsp3) is 0.682. The maximum absolute atomic E-state index is 5.44. The quantitative estimate of drug-likeness (QED) is 0.283. The van der Waals surface area contributed by atoms with Gasteiger partial charge in [0, 0.05) is 32.7 Å². The lowest BCUT2D eigenvalue weighted by Crippen LogP contribution is -2.45. The van der Waals surface area contributed by atoms with Crippen molar-refractivity contribution >= 4 is 29.9 Å². The van der Waals surface area contributed by atoms with E-state index in [0.29, 0.717) is 12.1 Å². The Hall–Kier alpha value is -1.06. The minimum atomic E-state index is 0. The van der Waals surface area contributed by atoms with Crippen LogP contribution >= 0.6 is 24.0 Å². The summed E-state index contributed by atoms with van der Waals surface area (Å²) in [5.74, 6) is 1.78. The van der Waals surface area contributed by atoms with Gasteiger partial charge >= 0.3 is 0 Å². The minimum Gasteiger partial charge on any atom is -0.497 e. The van der Waals surface area contributed by atoms with Crippen molar-refractivity contribution in [1.82, 2.24) is 20.4 Å². The number of nitrogens with one attached hydrogen (secondary N) is 2. The number of guanidine groups is 1. The molecule has 1 saturated heterocycles. The Balaban J connectivity index is 0.00000420. The van der Waals surface area contributed by atoms with E-state index in [1.165, 1.54) is 24.8 Å². The Labute approximate surface area is 194 Å². The molecule has 0 radical (unpaired) electrons. The van der Waals surface area contributed by atoms with Crippen molar-refractivity contribution in [3.05, 3.63) is 29.8 Å². The fourth-order valence-corrected chi connectivity index (χ4v) is 3.66. The molecule has 0 aliphatic carbocycles. The highest BCUT2D eigenvalue weighted by molar-refractivity contribution is 14.0. The number of likely N-dealkylation sites (N-methyl/N-ethyl adjacent to an activating group) is 1. The number of benzene rings is 1. The van der Waals surface area contributed by atoms with E-state index >= 15 is 0 Å². The van der Waals surface area contributed by atoms with Crippen molar-refractivity contribution in [1.29, 1.82) is 0 Å². The van der Waals surface area contributed by atoms with Crippen LogP contribution in [-0.4, -0.2) is 75.7 Å². The van der Waals surface area contributed by atoms with Gasteiger partial charge in [0.15, 0.2) is 5.96 Å². The molecule has 2 unspecified atom stereocenters. The lowest BCUT2D eigenvalue weighted by molar-refractivity contribution is 0.244. The van der Waals surface area contributed by atoms with Gasteiger partial charge in [0.05, 0.1) is 13.2 Å². The van der Waals surface area contributed by atoms with Crippen LogP contribution in [-0.2, 0) is 0 Å². The van der Waals surface area contributed by atoms with Crippen LogP contribution in [0.5, 0.6) is 5.75 Å². The summed E-state index contributed by atoms with van der Waals surface area (Å²) < 4.78 is 5.44. The highest BCUT2D eigenvalue weighted by Gasteiger charge is 2.24. The normalized spacial score (nSPS) is 17.0. The molecule has 0 spiro atoms. The van der Waals surface area contributed by atoms with Crippen molar-refractivity contribution in [2.24, 2.45) is 4.99 Å². The van der Waals surface area contributed by atoms with Crippen molar-refractivity contribution in [2.75, 3.05) is 53.9 Å². The number of hydrogen-bond donors (Lipinski definition) is 2. The van der Waals surface area contributed by atoms with Crippen molar-refractivity contribution < 1.29 is 4.74 Å². The molecule has 2 atom stereocenters. The van der Waals surface area contributed by atoms with Crippen molar-refractivity contribution in [2.45, 2.75) is 45.2 Å². The smallest absolute Gasteiger partial charge is 0.191 e. The van der Waals surface area contributed by atoms with Crippen LogP contribution in [0, 0.1) is 0 Å². The number of ether oxygens (including phenoxy) is 1. The van der Waals surface area contributed by atoms with E-state index in [9.17, 15) is 0 Å². The first-order valence-electron chi connectivity index (χ1n) is 10.6. The third-order valence-electron chi connectivity index (χ3n) is 5.85. The van der Waals surface area contributed by atoms with Gasteiger partial charge in [0.25, 0.3) is 0 Å². The maximum atomic E-state index is 5.44. The predicted molar refractivity (Wildman–Crippen MR) is 134 cm³/mol. The zero-order valence-corrected chi connectivity index (χ0v) is 21.1. The van der Waals surface area contributed by atoms with Crippen molar-refractivity contribution in [3.63, 3.8) is 0 Å². The molecule has 1 aromatic rings. The van der Waals surface area contributed by atoms with Crippen LogP contribution in [0.3, 0.4) is 0 Å². The molecule has 2 N–H and O–H groups in total. The SMILES string of the molecule is CCC(C)N(C)CCNC(=NC)NCC(c1cccc(OC)c1)N1CCCC1.I. The summed E-state index contributed by atoms with van der Waals surface area (Å²) in [6.07, 6.45) is 3.71. The van der Waals surface area contributed by atoms with Gasteiger partial charge in [-0.05, 0) is 64.0 Å². The molecular formula is C22H40IN5O. The minimum absolute atomic E-state index is 0. The largest absolute Gasteiger partial charge is 0.497 e. The lowest BCUT2D eigenvalue weighted by atomic mass is 10.1. The molecule has 0 bridgehead atoms. The van der Waals surface area contributed by atoms with Crippen LogP contribution in [0.2, 0.25) is 0 Å². The number of methoxy groups -OCH3 is 1. The summed E-state index contributed by atoms with van der Waals surface area (Å²) in [6, 6.07) is 9.36. The van der Waals surface area contributed by atoms with Gasteiger partial charge < -0.3 is 20.3 Å². The van der Waals surface area contributed by atoms with E-state index in [-0.39, 0.29) is 24.0 Å². The van der Waals surface area contributed by atoms with Gasteiger partial charge in [-0.25, -0.2) is 0 Å².